The van der Waals surface area contributed by atoms with Crippen LogP contribution in [0.3, 0.4) is 0 Å². The maximum Gasteiger partial charge on any atom is 0.0931 e. The topological polar surface area (TPSA) is 0 Å². The smallest absolute Gasteiger partial charge is 0.0931 e. The predicted molar refractivity (Wildman–Crippen MR) is 60.5 cm³/mol. The summed E-state index contributed by atoms with van der Waals surface area (Å²) in [5.74, 6) is 0. The van der Waals surface area contributed by atoms with Crippen LogP contribution in [0.1, 0.15) is 30.5 Å². The molecule has 0 saturated heterocycles. The molecule has 0 bridgehead atoms. The van der Waals surface area contributed by atoms with Gasteiger partial charge in [0.15, 0.2) is 0 Å². The van der Waals surface area contributed by atoms with Gasteiger partial charge in [-0.3, -0.25) is 0 Å². The van der Waals surface area contributed by atoms with Crippen LogP contribution in [-0.4, -0.2) is 0 Å². The van der Waals surface area contributed by atoms with Crippen LogP contribution < -0.4 is 0 Å². The second kappa shape index (κ2) is 3.69. The summed E-state index contributed by atoms with van der Waals surface area (Å²) < 4.78 is 0.860. The molecule has 0 radical (unpaired) electrons. The number of halogens is 2. The molecule has 0 saturated carbocycles. The molecule has 12 heavy (non-hydrogen) atoms. The Kier molecular flexibility index (Phi) is 3.24. The average molecular weight is 268 g/mol. The number of rotatable bonds is 1. The van der Waals surface area contributed by atoms with Crippen LogP contribution in [0.15, 0.2) is 12.1 Å². The second-order valence-electron chi connectivity index (χ2n) is 3.87. The summed E-state index contributed by atoms with van der Waals surface area (Å²) in [5.41, 5.74) is 0.244. The molecule has 0 aliphatic heterocycles. The van der Waals surface area contributed by atoms with E-state index in [-0.39, 0.29) is 5.41 Å². The van der Waals surface area contributed by atoms with E-state index >= 15 is 0 Å². The van der Waals surface area contributed by atoms with Gasteiger partial charge in [-0.1, -0.05) is 48.3 Å². The van der Waals surface area contributed by atoms with Crippen LogP contribution in [-0.2, 0) is 0 Å². The van der Waals surface area contributed by atoms with Crippen LogP contribution in [0.2, 0.25) is 4.34 Å². The van der Waals surface area contributed by atoms with Crippen LogP contribution in [0.4, 0.5) is 0 Å². The molecule has 0 spiro atoms. The zero-order valence-electron chi connectivity index (χ0n) is 7.40. The van der Waals surface area contributed by atoms with Gasteiger partial charge in [-0.2, -0.15) is 0 Å². The lowest BCUT2D eigenvalue weighted by atomic mass is 9.91. The number of alkyl halides is 1. The molecule has 0 aromatic carbocycles. The van der Waals surface area contributed by atoms with Crippen molar-refractivity contribution in [3.8, 4) is 0 Å². The second-order valence-corrected chi connectivity index (χ2v) is 6.53. The first-order valence-corrected chi connectivity index (χ1v) is 5.91. The summed E-state index contributed by atoms with van der Waals surface area (Å²) in [6.07, 6.45) is 0. The third-order valence-electron chi connectivity index (χ3n) is 1.60. The largest absolute Gasteiger partial charge is 0.127 e. The molecule has 1 atom stereocenters. The van der Waals surface area contributed by atoms with Crippen molar-refractivity contribution in [3.63, 3.8) is 0 Å². The Morgan fingerprint density at radius 2 is 2.00 bits per heavy atom. The third-order valence-corrected chi connectivity index (χ3v) is 5.07. The Balaban J connectivity index is 2.85. The minimum Gasteiger partial charge on any atom is -0.127 e. The number of hydrogen-bond acceptors (Lipinski definition) is 1. The molecule has 1 aromatic heterocycles. The summed E-state index contributed by atoms with van der Waals surface area (Å²) in [5, 5.41) is 0. The summed E-state index contributed by atoms with van der Waals surface area (Å²) in [4.78, 5) is 1.69. The number of thiophene rings is 1. The van der Waals surface area contributed by atoms with Crippen molar-refractivity contribution in [2.45, 2.75) is 25.6 Å². The van der Waals surface area contributed by atoms with E-state index in [1.807, 2.05) is 6.07 Å². The van der Waals surface area contributed by atoms with Gasteiger partial charge >= 0.3 is 0 Å². The Bertz CT molecular complexity index is 262. The molecule has 1 rings (SSSR count). The van der Waals surface area contributed by atoms with Crippen LogP contribution in [0, 0.1) is 5.41 Å². The molecule has 3 heteroatoms. The van der Waals surface area contributed by atoms with Gasteiger partial charge in [-0.05, 0) is 17.5 Å². The lowest BCUT2D eigenvalue weighted by molar-refractivity contribution is 0.411. The fraction of sp³-hybridized carbons (Fsp3) is 0.556. The van der Waals surface area contributed by atoms with Gasteiger partial charge in [-0.15, -0.1) is 11.3 Å². The van der Waals surface area contributed by atoms with Crippen molar-refractivity contribution in [2.24, 2.45) is 5.41 Å². The van der Waals surface area contributed by atoms with Crippen LogP contribution >= 0.6 is 38.9 Å². The summed E-state index contributed by atoms with van der Waals surface area (Å²) >= 11 is 11.2. The first-order valence-electron chi connectivity index (χ1n) is 3.80. The molecule has 1 aromatic rings. The molecule has 1 unspecified atom stereocenters. The van der Waals surface area contributed by atoms with Gasteiger partial charge in [0.1, 0.15) is 0 Å². The highest BCUT2D eigenvalue weighted by Crippen LogP contribution is 2.43. The van der Waals surface area contributed by atoms with Gasteiger partial charge in [0.05, 0.1) is 9.16 Å². The molecular weight excluding hydrogens is 256 g/mol. The van der Waals surface area contributed by atoms with Crippen molar-refractivity contribution in [2.75, 3.05) is 0 Å². The van der Waals surface area contributed by atoms with Gasteiger partial charge in [-0.25, -0.2) is 0 Å². The summed E-state index contributed by atoms with van der Waals surface area (Å²) in [6, 6.07) is 4.03. The van der Waals surface area contributed by atoms with Gasteiger partial charge < -0.3 is 0 Å². The molecule has 0 aliphatic carbocycles. The van der Waals surface area contributed by atoms with E-state index in [9.17, 15) is 0 Å². The average Bonchev–Trinajstić information content (AvgIpc) is 2.32. The molecular formula is C9H12BrClS. The maximum absolute atomic E-state index is 5.85. The summed E-state index contributed by atoms with van der Waals surface area (Å²) in [7, 11) is 0. The first-order chi connectivity index (χ1) is 5.41. The lowest BCUT2D eigenvalue weighted by Crippen LogP contribution is -2.11. The Morgan fingerprint density at radius 3 is 2.33 bits per heavy atom. The fourth-order valence-corrected chi connectivity index (χ4v) is 2.61. The zero-order valence-corrected chi connectivity index (χ0v) is 10.6. The fourth-order valence-electron chi connectivity index (χ4n) is 0.891. The molecule has 68 valence electrons. The van der Waals surface area contributed by atoms with E-state index in [1.165, 1.54) is 4.88 Å². The molecule has 0 aliphatic rings. The van der Waals surface area contributed by atoms with E-state index in [0.29, 0.717) is 4.83 Å². The monoisotopic (exact) mass is 266 g/mol. The molecule has 0 fully saturated rings. The normalized spacial score (nSPS) is 14.8. The molecule has 1 heterocycles. The van der Waals surface area contributed by atoms with E-state index < -0.39 is 0 Å². The zero-order chi connectivity index (χ0) is 9.35. The molecule has 0 amide bonds. The van der Waals surface area contributed by atoms with E-state index in [2.05, 4.69) is 42.8 Å². The van der Waals surface area contributed by atoms with E-state index in [4.69, 9.17) is 11.6 Å². The van der Waals surface area contributed by atoms with Crippen molar-refractivity contribution in [1.29, 1.82) is 0 Å². The maximum atomic E-state index is 5.85. The van der Waals surface area contributed by atoms with Gasteiger partial charge in [0.25, 0.3) is 0 Å². The minimum atomic E-state index is 0.244. The third kappa shape index (κ3) is 2.48. The van der Waals surface area contributed by atoms with Crippen LogP contribution in [0.5, 0.6) is 0 Å². The van der Waals surface area contributed by atoms with Crippen molar-refractivity contribution >= 4 is 38.9 Å². The first kappa shape index (κ1) is 10.6. The van der Waals surface area contributed by atoms with Crippen molar-refractivity contribution in [1.82, 2.24) is 0 Å². The highest BCUT2D eigenvalue weighted by atomic mass is 79.9. The molecule has 0 nitrogen and oxygen atoms in total. The Hall–Kier alpha value is 0.470. The highest BCUT2D eigenvalue weighted by Gasteiger charge is 2.24. The Morgan fingerprint density at radius 1 is 1.42 bits per heavy atom. The highest BCUT2D eigenvalue weighted by molar-refractivity contribution is 9.09. The minimum absolute atomic E-state index is 0.244. The van der Waals surface area contributed by atoms with Crippen LogP contribution in [0.25, 0.3) is 0 Å². The lowest BCUT2D eigenvalue weighted by Gasteiger charge is -2.24. The standard InChI is InChI=1S/C9H12BrClS/c1-9(2,3)8(10)6-4-5-7(11)12-6/h4-5,8H,1-3H3. The number of hydrogen-bond donors (Lipinski definition) is 0. The quantitative estimate of drug-likeness (QED) is 0.636. The SMILES string of the molecule is CC(C)(C)C(Br)c1ccc(Cl)s1. The summed E-state index contributed by atoms with van der Waals surface area (Å²) in [6.45, 7) is 6.63. The van der Waals surface area contributed by atoms with Gasteiger partial charge in [0, 0.05) is 4.88 Å². The van der Waals surface area contributed by atoms with E-state index in [0.717, 1.165) is 4.34 Å². The van der Waals surface area contributed by atoms with Gasteiger partial charge in [0.2, 0.25) is 0 Å². The van der Waals surface area contributed by atoms with E-state index in [1.54, 1.807) is 11.3 Å². The Labute approximate surface area is 91.1 Å². The molecule has 0 N–H and O–H groups in total. The van der Waals surface area contributed by atoms with Crippen molar-refractivity contribution in [3.05, 3.63) is 21.3 Å². The van der Waals surface area contributed by atoms with Crippen molar-refractivity contribution < 1.29 is 0 Å². The predicted octanol–water partition coefficient (Wildman–Crippen LogP) is 4.88.